The van der Waals surface area contributed by atoms with Gasteiger partial charge in [0, 0.05) is 28.4 Å². The van der Waals surface area contributed by atoms with E-state index in [1.54, 1.807) is 42.5 Å². The van der Waals surface area contributed by atoms with Crippen molar-refractivity contribution in [3.05, 3.63) is 58.6 Å². The van der Waals surface area contributed by atoms with Gasteiger partial charge in [0.15, 0.2) is 0 Å². The number of carbonyl (C=O) groups is 1. The van der Waals surface area contributed by atoms with Crippen molar-refractivity contribution in [2.24, 2.45) is 5.73 Å². The minimum Gasteiger partial charge on any atom is -0.508 e. The first-order chi connectivity index (χ1) is 9.08. The van der Waals surface area contributed by atoms with Gasteiger partial charge in [-0.25, -0.2) is 0 Å². The summed E-state index contributed by atoms with van der Waals surface area (Å²) in [5.74, 6) is -0.316. The lowest BCUT2D eigenvalue weighted by Crippen LogP contribution is -2.10. The number of nitrogens with one attached hydrogen (secondary N) is 1. The van der Waals surface area contributed by atoms with Gasteiger partial charge in [0.2, 0.25) is 5.91 Å². The number of amides is 1. The Kier molecular flexibility index (Phi) is 3.92. The summed E-state index contributed by atoms with van der Waals surface area (Å²) in [5, 5.41) is 13.3. The number of benzene rings is 2. The first-order valence-corrected chi connectivity index (χ1v) is 6.06. The summed E-state index contributed by atoms with van der Waals surface area (Å²) >= 11 is 6.00. The third-order valence-corrected chi connectivity index (χ3v) is 3.09. The Balaban J connectivity index is 2.08. The molecule has 0 bridgehead atoms. The van der Waals surface area contributed by atoms with Gasteiger partial charge < -0.3 is 16.2 Å². The molecule has 0 aliphatic rings. The summed E-state index contributed by atoms with van der Waals surface area (Å²) in [6.07, 6.45) is 0. The summed E-state index contributed by atoms with van der Waals surface area (Å²) in [7, 11) is 0. The van der Waals surface area contributed by atoms with Crippen LogP contribution in [0, 0.1) is 0 Å². The average Bonchev–Trinajstić information content (AvgIpc) is 2.38. The fraction of sp³-hybridized carbons (Fsp3) is 0.0714. The number of hydrogen-bond acceptors (Lipinski definition) is 3. The van der Waals surface area contributed by atoms with E-state index < -0.39 is 5.91 Å². The molecule has 1 amide bonds. The molecule has 0 radical (unpaired) electrons. The molecule has 4 nitrogen and oxygen atoms in total. The van der Waals surface area contributed by atoms with E-state index in [0.29, 0.717) is 22.7 Å². The maximum atomic E-state index is 10.9. The standard InChI is InChI=1S/C14H13ClN2O2/c15-12-2-1-3-13(18)11(12)8-17-10-6-4-9(5-7-10)14(16)19/h1-7,17-18H,8H2,(H2,16,19). The second-order valence-electron chi connectivity index (χ2n) is 4.03. The summed E-state index contributed by atoms with van der Waals surface area (Å²) in [4.78, 5) is 10.9. The Bertz CT molecular complexity index is 577. The predicted octanol–water partition coefficient (Wildman–Crippen LogP) is 2.76. The van der Waals surface area contributed by atoms with Gasteiger partial charge in [0.05, 0.1) is 0 Å². The lowest BCUT2D eigenvalue weighted by atomic mass is 10.1. The molecule has 0 saturated carbocycles. The minimum absolute atomic E-state index is 0.147. The average molecular weight is 277 g/mol. The van der Waals surface area contributed by atoms with Crippen molar-refractivity contribution >= 4 is 23.2 Å². The zero-order valence-electron chi connectivity index (χ0n) is 10.1. The maximum absolute atomic E-state index is 10.9. The van der Waals surface area contributed by atoms with Gasteiger partial charge in [-0.15, -0.1) is 0 Å². The van der Waals surface area contributed by atoms with Crippen LogP contribution in [0.25, 0.3) is 0 Å². The number of phenols is 1. The normalized spacial score (nSPS) is 10.2. The van der Waals surface area contributed by atoms with Crippen molar-refractivity contribution in [2.75, 3.05) is 5.32 Å². The molecule has 0 aliphatic heterocycles. The van der Waals surface area contributed by atoms with E-state index in [1.165, 1.54) is 0 Å². The van der Waals surface area contributed by atoms with Crippen LogP contribution in [0.15, 0.2) is 42.5 Å². The van der Waals surface area contributed by atoms with Crippen LogP contribution in [0.5, 0.6) is 5.75 Å². The molecule has 2 aromatic rings. The van der Waals surface area contributed by atoms with E-state index in [1.807, 2.05) is 0 Å². The molecule has 98 valence electrons. The fourth-order valence-corrected chi connectivity index (χ4v) is 1.90. The van der Waals surface area contributed by atoms with Crippen LogP contribution >= 0.6 is 11.6 Å². The summed E-state index contributed by atoms with van der Waals surface area (Å²) in [6.45, 7) is 0.390. The van der Waals surface area contributed by atoms with Gasteiger partial charge in [-0.3, -0.25) is 4.79 Å². The molecule has 0 fully saturated rings. The van der Waals surface area contributed by atoms with Gasteiger partial charge in [-0.2, -0.15) is 0 Å². The Morgan fingerprint density at radius 2 is 1.89 bits per heavy atom. The topological polar surface area (TPSA) is 75.4 Å². The van der Waals surface area contributed by atoms with Crippen molar-refractivity contribution in [3.8, 4) is 5.75 Å². The Morgan fingerprint density at radius 3 is 2.47 bits per heavy atom. The largest absolute Gasteiger partial charge is 0.508 e. The van der Waals surface area contributed by atoms with E-state index in [2.05, 4.69) is 5.32 Å². The molecular weight excluding hydrogens is 264 g/mol. The number of hydrogen-bond donors (Lipinski definition) is 3. The smallest absolute Gasteiger partial charge is 0.248 e. The lowest BCUT2D eigenvalue weighted by Gasteiger charge is -2.10. The molecule has 0 unspecified atom stereocenters. The number of anilines is 1. The summed E-state index contributed by atoms with van der Waals surface area (Å²) in [5.41, 5.74) is 7.05. The van der Waals surface area contributed by atoms with Crippen LogP contribution in [0.3, 0.4) is 0 Å². The molecule has 5 heteroatoms. The van der Waals surface area contributed by atoms with Gasteiger partial charge in [0.1, 0.15) is 5.75 Å². The monoisotopic (exact) mass is 276 g/mol. The van der Waals surface area contributed by atoms with Gasteiger partial charge in [-0.05, 0) is 36.4 Å². The molecule has 0 saturated heterocycles. The zero-order chi connectivity index (χ0) is 13.8. The molecule has 0 aliphatic carbocycles. The number of carbonyl (C=O) groups excluding carboxylic acids is 1. The highest BCUT2D eigenvalue weighted by Crippen LogP contribution is 2.26. The van der Waals surface area contributed by atoms with Gasteiger partial charge in [0.25, 0.3) is 0 Å². The molecule has 19 heavy (non-hydrogen) atoms. The molecule has 0 atom stereocenters. The minimum atomic E-state index is -0.463. The first-order valence-electron chi connectivity index (χ1n) is 5.68. The highest BCUT2D eigenvalue weighted by Gasteiger charge is 2.06. The van der Waals surface area contributed by atoms with Crippen molar-refractivity contribution in [2.45, 2.75) is 6.54 Å². The third kappa shape index (κ3) is 3.17. The number of aromatic hydroxyl groups is 1. The second kappa shape index (κ2) is 5.63. The van der Waals surface area contributed by atoms with Crippen molar-refractivity contribution in [1.29, 1.82) is 0 Å². The number of nitrogens with two attached hydrogens (primary N) is 1. The van der Waals surface area contributed by atoms with E-state index in [9.17, 15) is 9.90 Å². The van der Waals surface area contributed by atoms with E-state index in [4.69, 9.17) is 17.3 Å². The molecule has 0 heterocycles. The van der Waals surface area contributed by atoms with Crippen LogP contribution in [0.1, 0.15) is 15.9 Å². The summed E-state index contributed by atoms with van der Waals surface area (Å²) in [6, 6.07) is 11.7. The fourth-order valence-electron chi connectivity index (χ4n) is 1.67. The Hall–Kier alpha value is -2.20. The molecular formula is C14H13ClN2O2. The van der Waals surface area contributed by atoms with E-state index in [0.717, 1.165) is 5.69 Å². The molecule has 0 aromatic heterocycles. The van der Waals surface area contributed by atoms with Gasteiger partial charge in [-0.1, -0.05) is 17.7 Å². The van der Waals surface area contributed by atoms with Gasteiger partial charge >= 0.3 is 0 Å². The molecule has 0 spiro atoms. The Labute approximate surface area is 115 Å². The van der Waals surface area contributed by atoms with E-state index in [-0.39, 0.29) is 5.75 Å². The summed E-state index contributed by atoms with van der Waals surface area (Å²) < 4.78 is 0. The van der Waals surface area contributed by atoms with Crippen LogP contribution in [0.4, 0.5) is 5.69 Å². The molecule has 2 aromatic carbocycles. The highest BCUT2D eigenvalue weighted by atomic mass is 35.5. The van der Waals surface area contributed by atoms with Crippen molar-refractivity contribution in [3.63, 3.8) is 0 Å². The van der Waals surface area contributed by atoms with Crippen LogP contribution in [-0.4, -0.2) is 11.0 Å². The number of halogens is 1. The lowest BCUT2D eigenvalue weighted by molar-refractivity contribution is 0.100. The molecule has 2 rings (SSSR count). The third-order valence-electron chi connectivity index (χ3n) is 2.73. The Morgan fingerprint density at radius 1 is 1.21 bits per heavy atom. The zero-order valence-corrected chi connectivity index (χ0v) is 10.8. The predicted molar refractivity (Wildman–Crippen MR) is 75.4 cm³/mol. The van der Waals surface area contributed by atoms with Crippen LogP contribution in [-0.2, 0) is 6.54 Å². The highest BCUT2D eigenvalue weighted by molar-refractivity contribution is 6.31. The first kappa shape index (κ1) is 13.2. The van der Waals surface area contributed by atoms with Crippen molar-refractivity contribution < 1.29 is 9.90 Å². The second-order valence-corrected chi connectivity index (χ2v) is 4.44. The van der Waals surface area contributed by atoms with Crippen LogP contribution in [0.2, 0.25) is 5.02 Å². The number of rotatable bonds is 4. The number of primary amides is 1. The van der Waals surface area contributed by atoms with Crippen molar-refractivity contribution in [1.82, 2.24) is 0 Å². The van der Waals surface area contributed by atoms with E-state index >= 15 is 0 Å². The SMILES string of the molecule is NC(=O)c1ccc(NCc2c(O)cccc2Cl)cc1. The number of phenolic OH excluding ortho intramolecular Hbond substituents is 1. The molecule has 4 N–H and O–H groups in total. The van der Waals surface area contributed by atoms with Crippen LogP contribution < -0.4 is 11.1 Å². The quantitative estimate of drug-likeness (QED) is 0.804. The maximum Gasteiger partial charge on any atom is 0.248 e.